The molecule has 2 heterocycles. The number of imidazole rings is 1. The summed E-state index contributed by atoms with van der Waals surface area (Å²) in [4.78, 5) is 21.8. The molecule has 37 heavy (non-hydrogen) atoms. The normalized spacial score (nSPS) is 11.1. The van der Waals surface area contributed by atoms with Crippen molar-refractivity contribution >= 4 is 40.3 Å². The third-order valence-electron chi connectivity index (χ3n) is 6.21. The molecule has 0 fully saturated rings. The summed E-state index contributed by atoms with van der Waals surface area (Å²) in [6.45, 7) is 3.30. The second-order valence-electron chi connectivity index (χ2n) is 8.91. The minimum Gasteiger partial charge on any atom is -0.352 e. The second-order valence-corrected chi connectivity index (χ2v) is 10.3. The van der Waals surface area contributed by atoms with E-state index in [0.717, 1.165) is 44.5 Å². The lowest BCUT2D eigenvalue weighted by molar-refractivity contribution is 0.0954. The first-order chi connectivity index (χ1) is 18.1. The van der Waals surface area contributed by atoms with E-state index in [1.165, 1.54) is 11.1 Å². The number of aromatic nitrogens is 3. The summed E-state index contributed by atoms with van der Waals surface area (Å²) < 4.78 is 2.17. The van der Waals surface area contributed by atoms with Crippen molar-refractivity contribution in [3.8, 4) is 0 Å². The van der Waals surface area contributed by atoms with E-state index in [4.69, 9.17) is 16.6 Å². The van der Waals surface area contributed by atoms with Gasteiger partial charge in [0.1, 0.15) is 0 Å². The molecule has 0 unspecified atom stereocenters. The average Bonchev–Trinajstić information content (AvgIpc) is 3.27. The van der Waals surface area contributed by atoms with Crippen LogP contribution in [-0.2, 0) is 18.7 Å². The standard InChI is InChI=1S/C30H27ClN4OS/c1-21-6-8-22(9-7-21)14-17-33-29(36)24-12-10-23(11-13-24)19-35-28-18-32-16-15-27(28)34-30(35)37-20-25-4-2-3-5-26(25)31/h2-13,15-16,18H,14,17,19-20H2,1H3,(H,33,36). The van der Waals surface area contributed by atoms with Gasteiger partial charge in [0.2, 0.25) is 0 Å². The van der Waals surface area contributed by atoms with Crippen LogP contribution in [0, 0.1) is 6.92 Å². The highest BCUT2D eigenvalue weighted by molar-refractivity contribution is 7.98. The highest BCUT2D eigenvalue weighted by Crippen LogP contribution is 2.29. The number of carbonyl (C=O) groups excluding carboxylic acids is 1. The second kappa shape index (κ2) is 11.6. The highest BCUT2D eigenvalue weighted by atomic mass is 35.5. The Hall–Kier alpha value is -3.61. The molecule has 7 heteroatoms. The maximum atomic E-state index is 12.6. The Morgan fingerprint density at radius 1 is 0.973 bits per heavy atom. The van der Waals surface area contributed by atoms with Crippen LogP contribution < -0.4 is 5.32 Å². The number of thioether (sulfide) groups is 1. The number of nitrogens with zero attached hydrogens (tertiary/aromatic N) is 3. The summed E-state index contributed by atoms with van der Waals surface area (Å²) in [6, 6.07) is 26.0. The molecule has 1 N–H and O–H groups in total. The third kappa shape index (κ3) is 6.21. The summed E-state index contributed by atoms with van der Waals surface area (Å²) in [5.41, 5.74) is 7.13. The molecule has 0 spiro atoms. The predicted octanol–water partition coefficient (Wildman–Crippen LogP) is 6.71. The first-order valence-electron chi connectivity index (χ1n) is 12.2. The quantitative estimate of drug-likeness (QED) is 0.217. The Balaban J connectivity index is 1.26. The molecule has 3 aromatic carbocycles. The number of nitrogens with one attached hydrogen (secondary N) is 1. The summed E-state index contributed by atoms with van der Waals surface area (Å²) in [7, 11) is 0. The number of pyridine rings is 1. The van der Waals surface area contributed by atoms with Crippen molar-refractivity contribution in [1.29, 1.82) is 0 Å². The lowest BCUT2D eigenvalue weighted by Gasteiger charge is -2.11. The van der Waals surface area contributed by atoms with Crippen molar-refractivity contribution in [2.24, 2.45) is 0 Å². The van der Waals surface area contributed by atoms with Crippen LogP contribution in [0.3, 0.4) is 0 Å². The molecular weight excluding hydrogens is 500 g/mol. The average molecular weight is 527 g/mol. The zero-order chi connectivity index (χ0) is 25.6. The molecular formula is C30H27ClN4OS. The van der Waals surface area contributed by atoms with Crippen molar-refractivity contribution in [3.05, 3.63) is 124 Å². The topological polar surface area (TPSA) is 59.8 Å². The van der Waals surface area contributed by atoms with Crippen molar-refractivity contribution in [2.75, 3.05) is 6.54 Å². The van der Waals surface area contributed by atoms with Crippen LogP contribution in [0.25, 0.3) is 11.0 Å². The van der Waals surface area contributed by atoms with E-state index in [9.17, 15) is 4.79 Å². The van der Waals surface area contributed by atoms with Crippen LogP contribution in [0.4, 0.5) is 0 Å². The zero-order valence-corrected chi connectivity index (χ0v) is 22.1. The Bertz CT molecular complexity index is 1510. The molecule has 1 amide bonds. The highest BCUT2D eigenvalue weighted by Gasteiger charge is 2.14. The van der Waals surface area contributed by atoms with Crippen molar-refractivity contribution in [2.45, 2.75) is 30.8 Å². The zero-order valence-electron chi connectivity index (χ0n) is 20.5. The fourth-order valence-electron chi connectivity index (χ4n) is 4.09. The minimum absolute atomic E-state index is 0.0630. The molecule has 0 aliphatic heterocycles. The fraction of sp³-hybridized carbons (Fsp3) is 0.167. The van der Waals surface area contributed by atoms with Gasteiger partial charge in [-0.15, -0.1) is 0 Å². The summed E-state index contributed by atoms with van der Waals surface area (Å²) in [6.07, 6.45) is 4.41. The molecule has 0 radical (unpaired) electrons. The van der Waals surface area contributed by atoms with Crippen LogP contribution in [0.2, 0.25) is 5.02 Å². The minimum atomic E-state index is -0.0630. The summed E-state index contributed by atoms with van der Waals surface area (Å²) in [5, 5.41) is 4.68. The third-order valence-corrected chi connectivity index (χ3v) is 7.60. The molecule has 0 aliphatic rings. The van der Waals surface area contributed by atoms with Crippen LogP contribution in [0.15, 0.2) is 96.4 Å². The van der Waals surface area contributed by atoms with Crippen LogP contribution in [0.5, 0.6) is 0 Å². The number of amides is 1. The molecule has 0 aliphatic carbocycles. The molecule has 5 aromatic rings. The number of carbonyl (C=O) groups is 1. The van der Waals surface area contributed by atoms with E-state index < -0.39 is 0 Å². The largest absolute Gasteiger partial charge is 0.352 e. The maximum absolute atomic E-state index is 12.6. The molecule has 0 bridgehead atoms. The first-order valence-corrected chi connectivity index (χ1v) is 13.5. The van der Waals surface area contributed by atoms with Gasteiger partial charge in [-0.1, -0.05) is 83.5 Å². The van der Waals surface area contributed by atoms with Gasteiger partial charge >= 0.3 is 0 Å². The Morgan fingerprint density at radius 3 is 2.51 bits per heavy atom. The van der Waals surface area contributed by atoms with Crippen LogP contribution in [0.1, 0.15) is 32.6 Å². The van der Waals surface area contributed by atoms with Gasteiger partial charge < -0.3 is 9.88 Å². The number of hydrogen-bond donors (Lipinski definition) is 1. The Morgan fingerprint density at radius 2 is 1.73 bits per heavy atom. The molecule has 5 nitrogen and oxygen atoms in total. The van der Waals surface area contributed by atoms with Gasteiger partial charge in [0.15, 0.2) is 5.16 Å². The van der Waals surface area contributed by atoms with Gasteiger partial charge in [-0.25, -0.2) is 4.98 Å². The van der Waals surface area contributed by atoms with Gasteiger partial charge in [-0.3, -0.25) is 9.78 Å². The van der Waals surface area contributed by atoms with E-state index >= 15 is 0 Å². The summed E-state index contributed by atoms with van der Waals surface area (Å²) >= 11 is 8.02. The van der Waals surface area contributed by atoms with Crippen LogP contribution >= 0.6 is 23.4 Å². The van der Waals surface area contributed by atoms with Gasteiger partial charge in [0.05, 0.1) is 23.8 Å². The number of fused-ring (bicyclic) bond motifs is 1. The molecule has 0 saturated carbocycles. The maximum Gasteiger partial charge on any atom is 0.251 e. The number of hydrogen-bond acceptors (Lipinski definition) is 4. The Labute approximate surface area is 225 Å². The lowest BCUT2D eigenvalue weighted by Crippen LogP contribution is -2.25. The number of rotatable bonds is 9. The van der Waals surface area contributed by atoms with Crippen molar-refractivity contribution in [3.63, 3.8) is 0 Å². The number of aryl methyl sites for hydroxylation is 1. The van der Waals surface area contributed by atoms with Crippen LogP contribution in [-0.4, -0.2) is 27.0 Å². The molecule has 5 rings (SSSR count). The van der Waals surface area contributed by atoms with E-state index in [0.29, 0.717) is 18.7 Å². The van der Waals surface area contributed by atoms with Gasteiger partial charge in [0.25, 0.3) is 5.91 Å². The van der Waals surface area contributed by atoms with Gasteiger partial charge in [-0.05, 0) is 54.3 Å². The predicted molar refractivity (Wildman–Crippen MR) is 151 cm³/mol. The monoisotopic (exact) mass is 526 g/mol. The van der Waals surface area contributed by atoms with Crippen molar-refractivity contribution < 1.29 is 4.79 Å². The van der Waals surface area contributed by atoms with Gasteiger partial charge in [-0.2, -0.15) is 0 Å². The van der Waals surface area contributed by atoms with E-state index in [1.807, 2.05) is 60.8 Å². The van der Waals surface area contributed by atoms with Gasteiger partial charge in [0, 0.05) is 29.1 Å². The Kier molecular flexibility index (Phi) is 7.87. The number of halogens is 1. The van der Waals surface area contributed by atoms with Crippen molar-refractivity contribution in [1.82, 2.24) is 19.9 Å². The fourth-order valence-corrected chi connectivity index (χ4v) is 5.39. The molecule has 0 saturated heterocycles. The first kappa shape index (κ1) is 25.1. The van der Waals surface area contributed by atoms with E-state index in [2.05, 4.69) is 46.1 Å². The smallest absolute Gasteiger partial charge is 0.251 e. The van der Waals surface area contributed by atoms with E-state index in [-0.39, 0.29) is 5.91 Å². The lowest BCUT2D eigenvalue weighted by atomic mass is 10.1. The SMILES string of the molecule is Cc1ccc(CCNC(=O)c2ccc(Cn3c(SCc4ccccc4Cl)nc4ccncc43)cc2)cc1. The van der Waals surface area contributed by atoms with E-state index in [1.54, 1.807) is 18.0 Å². The number of benzene rings is 3. The molecule has 2 aromatic heterocycles. The summed E-state index contributed by atoms with van der Waals surface area (Å²) in [5.74, 6) is 0.657. The molecule has 186 valence electrons. The molecule has 0 atom stereocenters.